The summed E-state index contributed by atoms with van der Waals surface area (Å²) in [6.07, 6.45) is -1.82. The summed E-state index contributed by atoms with van der Waals surface area (Å²) in [6, 6.07) is 5.80. The van der Waals surface area contributed by atoms with Crippen LogP contribution in [0, 0.1) is 0 Å². The summed E-state index contributed by atoms with van der Waals surface area (Å²) in [4.78, 5) is 14.4. The topological polar surface area (TPSA) is 50.2 Å². The van der Waals surface area contributed by atoms with E-state index in [0.29, 0.717) is 23.7 Å². The van der Waals surface area contributed by atoms with Crippen molar-refractivity contribution in [1.82, 2.24) is 14.7 Å². The van der Waals surface area contributed by atoms with Crippen LogP contribution < -0.4 is 5.32 Å². The van der Waals surface area contributed by atoms with Crippen LogP contribution in [0.25, 0.3) is 0 Å². The molecule has 9 heteroatoms. The van der Waals surface area contributed by atoms with Crippen LogP contribution in [0.4, 0.5) is 19.0 Å². The van der Waals surface area contributed by atoms with Crippen LogP contribution in [-0.4, -0.2) is 39.9 Å². The number of fused-ring (bicyclic) bond motifs is 1. The van der Waals surface area contributed by atoms with E-state index >= 15 is 0 Å². The lowest BCUT2D eigenvalue weighted by atomic mass is 9.97. The molecule has 0 spiro atoms. The molecule has 28 heavy (non-hydrogen) atoms. The third-order valence-corrected chi connectivity index (χ3v) is 5.58. The van der Waals surface area contributed by atoms with Gasteiger partial charge in [0.25, 0.3) is 5.91 Å². The zero-order valence-corrected chi connectivity index (χ0v) is 15.8. The molecular formula is C19H20ClF3N4O. The number of halogens is 4. The molecule has 0 unspecified atom stereocenters. The van der Waals surface area contributed by atoms with Crippen LogP contribution in [0.1, 0.15) is 53.8 Å². The van der Waals surface area contributed by atoms with Crippen molar-refractivity contribution < 1.29 is 18.0 Å². The third kappa shape index (κ3) is 3.70. The van der Waals surface area contributed by atoms with Gasteiger partial charge in [0.1, 0.15) is 5.82 Å². The number of nitrogens with one attached hydrogen (secondary N) is 1. The number of hydrogen-bond donors (Lipinski definition) is 1. The fourth-order valence-corrected chi connectivity index (χ4v) is 3.98. The Morgan fingerprint density at radius 2 is 1.82 bits per heavy atom. The van der Waals surface area contributed by atoms with E-state index in [1.54, 1.807) is 29.2 Å². The average molecular weight is 413 g/mol. The Morgan fingerprint density at radius 1 is 1.14 bits per heavy atom. The lowest BCUT2D eigenvalue weighted by Gasteiger charge is -2.33. The first kappa shape index (κ1) is 19.1. The number of benzene rings is 1. The summed E-state index contributed by atoms with van der Waals surface area (Å²) in [5, 5.41) is 7.66. The van der Waals surface area contributed by atoms with Crippen molar-refractivity contribution in [3.8, 4) is 0 Å². The summed E-state index contributed by atoms with van der Waals surface area (Å²) in [6.45, 7) is 1.23. The standard InChI is InChI=1S/C19H20ClF3N4O/c20-13-6-4-12(5-7-13)14-10-16(19(21,22)23)27-17(24-14)11-15(25-27)18(28)26-8-2-1-3-9-26/h4-7,11,14,16,24H,1-3,8-10H2/t14-,16+/m0/s1. The Bertz CT molecular complexity index is 859. The highest BCUT2D eigenvalue weighted by molar-refractivity contribution is 6.30. The number of amides is 1. The minimum atomic E-state index is -4.47. The van der Waals surface area contributed by atoms with Crippen molar-refractivity contribution in [3.05, 3.63) is 46.6 Å². The molecule has 1 amide bonds. The maximum Gasteiger partial charge on any atom is 0.410 e. The minimum absolute atomic E-state index is 0.0513. The predicted molar refractivity (Wildman–Crippen MR) is 99.5 cm³/mol. The number of aromatic nitrogens is 2. The lowest BCUT2D eigenvalue weighted by Crippen LogP contribution is -2.37. The van der Waals surface area contributed by atoms with Gasteiger partial charge in [-0.3, -0.25) is 4.79 Å². The number of carbonyl (C=O) groups is 1. The van der Waals surface area contributed by atoms with E-state index in [0.717, 1.165) is 23.9 Å². The molecule has 2 aliphatic heterocycles. The van der Waals surface area contributed by atoms with Gasteiger partial charge in [-0.2, -0.15) is 18.3 Å². The van der Waals surface area contributed by atoms with E-state index in [4.69, 9.17) is 11.6 Å². The second-order valence-electron chi connectivity index (χ2n) is 7.25. The molecule has 1 aromatic carbocycles. The van der Waals surface area contributed by atoms with Gasteiger partial charge in [-0.05, 0) is 37.0 Å². The van der Waals surface area contributed by atoms with Crippen molar-refractivity contribution >= 4 is 23.3 Å². The molecule has 2 aromatic rings. The quantitative estimate of drug-likeness (QED) is 0.769. The van der Waals surface area contributed by atoms with Gasteiger partial charge in [0.15, 0.2) is 11.7 Å². The Labute approximate surface area is 165 Å². The Hall–Kier alpha value is -2.22. The first-order chi connectivity index (χ1) is 13.3. The normalized spacial score (nSPS) is 22.5. The fourth-order valence-electron chi connectivity index (χ4n) is 3.85. The number of piperidine rings is 1. The first-order valence-electron chi connectivity index (χ1n) is 9.30. The molecule has 4 rings (SSSR count). The summed E-state index contributed by atoms with van der Waals surface area (Å²) in [5.74, 6) is -0.110. The highest BCUT2D eigenvalue weighted by Crippen LogP contribution is 2.43. The monoisotopic (exact) mass is 412 g/mol. The van der Waals surface area contributed by atoms with Gasteiger partial charge < -0.3 is 10.2 Å². The smallest absolute Gasteiger partial charge is 0.363 e. The van der Waals surface area contributed by atoms with Crippen LogP contribution >= 0.6 is 11.6 Å². The molecule has 2 aliphatic rings. The highest BCUT2D eigenvalue weighted by atomic mass is 35.5. The van der Waals surface area contributed by atoms with Gasteiger partial charge >= 0.3 is 6.18 Å². The van der Waals surface area contributed by atoms with Crippen molar-refractivity contribution in [3.63, 3.8) is 0 Å². The van der Waals surface area contributed by atoms with Crippen molar-refractivity contribution in [1.29, 1.82) is 0 Å². The fraction of sp³-hybridized carbons (Fsp3) is 0.474. The molecule has 1 aromatic heterocycles. The van der Waals surface area contributed by atoms with E-state index in [1.807, 2.05) is 0 Å². The first-order valence-corrected chi connectivity index (χ1v) is 9.68. The maximum atomic E-state index is 13.7. The number of alkyl halides is 3. The van der Waals surface area contributed by atoms with Crippen LogP contribution in [0.15, 0.2) is 30.3 Å². The number of rotatable bonds is 2. The van der Waals surface area contributed by atoms with Crippen molar-refractivity contribution in [2.75, 3.05) is 18.4 Å². The summed E-state index contributed by atoms with van der Waals surface area (Å²) in [7, 11) is 0. The summed E-state index contributed by atoms with van der Waals surface area (Å²) < 4.78 is 42.1. The molecular weight excluding hydrogens is 393 g/mol. The number of anilines is 1. The molecule has 150 valence electrons. The zero-order chi connectivity index (χ0) is 19.9. The second kappa shape index (κ2) is 7.31. The van der Waals surface area contributed by atoms with Gasteiger partial charge in [-0.1, -0.05) is 23.7 Å². The molecule has 0 saturated carbocycles. The molecule has 5 nitrogen and oxygen atoms in total. The predicted octanol–water partition coefficient (Wildman–Crippen LogP) is 4.82. The third-order valence-electron chi connectivity index (χ3n) is 5.32. The Balaban J connectivity index is 1.65. The zero-order valence-electron chi connectivity index (χ0n) is 15.0. The van der Waals surface area contributed by atoms with Crippen LogP contribution in [-0.2, 0) is 0 Å². The van der Waals surface area contributed by atoms with E-state index < -0.39 is 18.3 Å². The van der Waals surface area contributed by atoms with Gasteiger partial charge in [-0.15, -0.1) is 0 Å². The van der Waals surface area contributed by atoms with E-state index in [9.17, 15) is 18.0 Å². The van der Waals surface area contributed by atoms with Crippen molar-refractivity contribution in [2.45, 2.75) is 43.9 Å². The molecule has 3 heterocycles. The second-order valence-corrected chi connectivity index (χ2v) is 7.69. The molecule has 1 N–H and O–H groups in total. The number of nitrogens with zero attached hydrogens (tertiary/aromatic N) is 3. The number of carbonyl (C=O) groups excluding carboxylic acids is 1. The van der Waals surface area contributed by atoms with Crippen LogP contribution in [0.3, 0.4) is 0 Å². The average Bonchev–Trinajstić information content (AvgIpc) is 3.11. The Kier molecular flexibility index (Phi) is 4.99. The van der Waals surface area contributed by atoms with Crippen molar-refractivity contribution in [2.24, 2.45) is 0 Å². The van der Waals surface area contributed by atoms with E-state index in [-0.39, 0.29) is 23.8 Å². The summed E-state index contributed by atoms with van der Waals surface area (Å²) >= 11 is 5.89. The SMILES string of the molecule is O=C(c1cc2n(n1)[C@@H](C(F)(F)F)C[C@@H](c1ccc(Cl)cc1)N2)N1CCCCC1. The molecule has 1 saturated heterocycles. The van der Waals surface area contributed by atoms with E-state index in [1.165, 1.54) is 6.07 Å². The molecule has 0 aliphatic carbocycles. The van der Waals surface area contributed by atoms with Crippen LogP contribution in [0.2, 0.25) is 5.02 Å². The molecule has 2 atom stereocenters. The van der Waals surface area contributed by atoms with Gasteiger partial charge in [0.2, 0.25) is 0 Å². The number of likely N-dealkylation sites (tertiary alicyclic amines) is 1. The number of hydrogen-bond acceptors (Lipinski definition) is 3. The molecule has 0 radical (unpaired) electrons. The largest absolute Gasteiger partial charge is 0.410 e. The minimum Gasteiger partial charge on any atom is -0.363 e. The highest BCUT2D eigenvalue weighted by Gasteiger charge is 2.47. The van der Waals surface area contributed by atoms with E-state index in [2.05, 4.69) is 10.4 Å². The molecule has 1 fully saturated rings. The lowest BCUT2D eigenvalue weighted by molar-refractivity contribution is -0.173. The van der Waals surface area contributed by atoms with Crippen LogP contribution in [0.5, 0.6) is 0 Å². The van der Waals surface area contributed by atoms with Gasteiger partial charge in [0, 0.05) is 30.6 Å². The summed E-state index contributed by atoms with van der Waals surface area (Å²) in [5.41, 5.74) is 0.755. The molecule has 0 bridgehead atoms. The maximum absolute atomic E-state index is 13.7. The van der Waals surface area contributed by atoms with Gasteiger partial charge in [0.05, 0.1) is 6.04 Å². The van der Waals surface area contributed by atoms with Gasteiger partial charge in [-0.25, -0.2) is 4.68 Å². The Morgan fingerprint density at radius 3 is 2.46 bits per heavy atom.